The molecule has 2 aromatic rings. The Morgan fingerprint density at radius 3 is 2.37 bits per heavy atom. The summed E-state index contributed by atoms with van der Waals surface area (Å²) in [7, 11) is 1.28. The summed E-state index contributed by atoms with van der Waals surface area (Å²) in [6.07, 6.45) is 0.633. The number of rotatable bonds is 9. The van der Waals surface area contributed by atoms with E-state index in [1.54, 1.807) is 30.3 Å². The van der Waals surface area contributed by atoms with Crippen molar-refractivity contribution >= 4 is 39.3 Å². The molecule has 2 aromatic carbocycles. The van der Waals surface area contributed by atoms with Gasteiger partial charge >= 0.3 is 5.97 Å². The summed E-state index contributed by atoms with van der Waals surface area (Å²) in [5.74, 6) is -2.74. The van der Waals surface area contributed by atoms with Gasteiger partial charge in [-0.05, 0) is 62.0 Å². The normalized spacial score (nSPS) is 17.3. The van der Waals surface area contributed by atoms with E-state index in [0.29, 0.717) is 28.6 Å². The van der Waals surface area contributed by atoms with Crippen LogP contribution in [0.3, 0.4) is 0 Å². The molecule has 35 heavy (non-hydrogen) atoms. The van der Waals surface area contributed by atoms with Gasteiger partial charge in [-0.1, -0.05) is 41.9 Å². The summed E-state index contributed by atoms with van der Waals surface area (Å²) in [4.78, 5) is 41.8. The first-order valence-corrected chi connectivity index (χ1v) is 12.2. The van der Waals surface area contributed by atoms with Crippen LogP contribution >= 0.6 is 15.9 Å². The number of amides is 1. The number of Topliss-reactive ketones (excluding diaryl/α,β-unsaturated/α-hetero) is 1. The maximum atomic E-state index is 13.2. The van der Waals surface area contributed by atoms with Crippen LogP contribution in [0, 0.1) is 0 Å². The predicted octanol–water partition coefficient (Wildman–Crippen LogP) is 4.09. The highest BCUT2D eigenvalue weighted by Crippen LogP contribution is 2.41. The largest absolute Gasteiger partial charge is 0.507 e. The molecule has 0 bridgehead atoms. The Kier molecular flexibility index (Phi) is 8.69. The minimum Gasteiger partial charge on any atom is -0.507 e. The van der Waals surface area contributed by atoms with Crippen molar-refractivity contribution in [1.29, 1.82) is 0 Å². The number of aromatic hydroxyl groups is 1. The number of carbonyl (C=O) groups is 3. The fraction of sp³-hybridized carbons (Fsp3) is 0.346. The fourth-order valence-electron chi connectivity index (χ4n) is 4.22. The van der Waals surface area contributed by atoms with E-state index in [1.165, 1.54) is 24.1 Å². The Bertz CT molecular complexity index is 1140. The Morgan fingerprint density at radius 1 is 1.11 bits per heavy atom. The zero-order valence-electron chi connectivity index (χ0n) is 20.0. The summed E-state index contributed by atoms with van der Waals surface area (Å²) in [6, 6.07) is 9.96. The van der Waals surface area contributed by atoms with Crippen LogP contribution in [0.25, 0.3) is 5.76 Å². The molecule has 186 valence electrons. The topological polar surface area (TPSA) is 107 Å². The van der Waals surface area contributed by atoms with Crippen molar-refractivity contribution in [3.63, 3.8) is 0 Å². The molecule has 0 saturated carbocycles. The number of ketones is 1. The van der Waals surface area contributed by atoms with Crippen molar-refractivity contribution in [2.45, 2.75) is 26.3 Å². The van der Waals surface area contributed by atoms with Crippen LogP contribution < -0.4 is 0 Å². The molecule has 0 aliphatic carbocycles. The third kappa shape index (κ3) is 5.57. The van der Waals surface area contributed by atoms with Crippen LogP contribution in [-0.4, -0.2) is 71.0 Å². The molecule has 8 nitrogen and oxygen atoms in total. The molecule has 1 saturated heterocycles. The number of hydrogen-bond acceptors (Lipinski definition) is 7. The van der Waals surface area contributed by atoms with Crippen LogP contribution in [-0.2, 0) is 14.3 Å². The first kappa shape index (κ1) is 26.4. The lowest BCUT2D eigenvalue weighted by atomic mass is 9.94. The minimum atomic E-state index is -0.878. The third-order valence-corrected chi connectivity index (χ3v) is 6.66. The predicted molar refractivity (Wildman–Crippen MR) is 135 cm³/mol. The number of phenolic OH excluding ortho intramolecular Hbond substituents is 1. The second-order valence-electron chi connectivity index (χ2n) is 8.15. The number of halogens is 1. The highest BCUT2D eigenvalue weighted by Gasteiger charge is 2.46. The number of likely N-dealkylation sites (tertiary alicyclic amines) is 1. The van der Waals surface area contributed by atoms with Gasteiger partial charge in [-0.15, -0.1) is 0 Å². The summed E-state index contributed by atoms with van der Waals surface area (Å²) < 4.78 is 5.34. The maximum Gasteiger partial charge on any atom is 0.337 e. The molecular formula is C26H29BrN2O6. The monoisotopic (exact) mass is 544 g/mol. The Morgan fingerprint density at radius 2 is 1.77 bits per heavy atom. The smallest absolute Gasteiger partial charge is 0.337 e. The number of esters is 1. The van der Waals surface area contributed by atoms with Crippen LogP contribution in [0.1, 0.15) is 47.8 Å². The van der Waals surface area contributed by atoms with Crippen LogP contribution in [0.4, 0.5) is 0 Å². The lowest BCUT2D eigenvalue weighted by Gasteiger charge is -2.27. The lowest BCUT2D eigenvalue weighted by Crippen LogP contribution is -2.33. The van der Waals surface area contributed by atoms with Crippen molar-refractivity contribution in [2.24, 2.45) is 0 Å². The average molecular weight is 545 g/mol. The van der Waals surface area contributed by atoms with E-state index in [4.69, 9.17) is 4.74 Å². The number of hydrogen-bond donors (Lipinski definition) is 2. The van der Waals surface area contributed by atoms with Crippen molar-refractivity contribution in [2.75, 3.05) is 33.3 Å². The number of ether oxygens (including phenoxy) is 1. The number of carbonyl (C=O) groups excluding carboxylic acids is 3. The molecule has 9 heteroatoms. The molecule has 0 aromatic heterocycles. The maximum absolute atomic E-state index is 13.2. The van der Waals surface area contributed by atoms with Crippen LogP contribution in [0.2, 0.25) is 0 Å². The quantitative estimate of drug-likeness (QED) is 0.212. The fourth-order valence-corrected chi connectivity index (χ4v) is 4.59. The van der Waals surface area contributed by atoms with Gasteiger partial charge in [0.1, 0.15) is 11.5 Å². The van der Waals surface area contributed by atoms with Gasteiger partial charge in [0, 0.05) is 11.0 Å². The standard InChI is InChI=1S/C26H29BrN2O6/c1-4-28(5-2)13-6-14-29-22(16-7-9-17(10-8-16)26(34)35-3)21(24(32)25(29)33)23(31)19-15-18(27)11-12-20(19)30/h7-12,15,22,30-31H,4-6,13-14H2,1-3H3. The first-order chi connectivity index (χ1) is 16.7. The number of methoxy groups -OCH3 is 1. The Balaban J connectivity index is 2.08. The van der Waals surface area contributed by atoms with E-state index < -0.39 is 29.5 Å². The van der Waals surface area contributed by atoms with Gasteiger partial charge in [-0.25, -0.2) is 4.79 Å². The summed E-state index contributed by atoms with van der Waals surface area (Å²) in [5.41, 5.74) is 0.795. The van der Waals surface area contributed by atoms with E-state index >= 15 is 0 Å². The second-order valence-corrected chi connectivity index (χ2v) is 9.06. The molecule has 0 spiro atoms. The number of benzene rings is 2. The molecule has 1 aliphatic rings. The van der Waals surface area contributed by atoms with Crippen LogP contribution in [0.15, 0.2) is 52.5 Å². The van der Waals surface area contributed by atoms with E-state index in [0.717, 1.165) is 19.6 Å². The molecule has 0 radical (unpaired) electrons. The van der Waals surface area contributed by atoms with Crippen LogP contribution in [0.5, 0.6) is 5.75 Å². The highest BCUT2D eigenvalue weighted by molar-refractivity contribution is 9.10. The molecule has 2 N–H and O–H groups in total. The number of aliphatic hydroxyl groups is 1. The number of aliphatic hydroxyl groups excluding tert-OH is 1. The molecule has 1 unspecified atom stereocenters. The summed E-state index contributed by atoms with van der Waals surface area (Å²) in [6.45, 7) is 6.90. The summed E-state index contributed by atoms with van der Waals surface area (Å²) >= 11 is 3.31. The van der Waals surface area contributed by atoms with E-state index in [1.807, 2.05) is 0 Å². The minimum absolute atomic E-state index is 0.0386. The lowest BCUT2D eigenvalue weighted by molar-refractivity contribution is -0.140. The van der Waals surface area contributed by atoms with E-state index in [9.17, 15) is 24.6 Å². The molecule has 1 heterocycles. The van der Waals surface area contributed by atoms with Gasteiger partial charge < -0.3 is 24.7 Å². The zero-order chi connectivity index (χ0) is 25.7. The van der Waals surface area contributed by atoms with Gasteiger partial charge in [-0.3, -0.25) is 9.59 Å². The van der Waals surface area contributed by atoms with E-state index in [2.05, 4.69) is 34.7 Å². The van der Waals surface area contributed by atoms with Gasteiger partial charge in [0.25, 0.3) is 11.7 Å². The summed E-state index contributed by atoms with van der Waals surface area (Å²) in [5, 5.41) is 21.5. The van der Waals surface area contributed by atoms with Crippen molar-refractivity contribution < 1.29 is 29.3 Å². The third-order valence-electron chi connectivity index (χ3n) is 6.17. The SMILES string of the molecule is CCN(CC)CCCN1C(=O)C(=O)C(=C(O)c2cc(Br)ccc2O)C1c1ccc(C(=O)OC)cc1. The van der Waals surface area contributed by atoms with Crippen molar-refractivity contribution in [3.8, 4) is 5.75 Å². The van der Waals surface area contributed by atoms with E-state index in [-0.39, 0.29) is 16.9 Å². The first-order valence-electron chi connectivity index (χ1n) is 11.4. The molecular weight excluding hydrogens is 516 g/mol. The average Bonchev–Trinajstić information content (AvgIpc) is 3.12. The Hall–Kier alpha value is -3.17. The van der Waals surface area contributed by atoms with Crippen molar-refractivity contribution in [1.82, 2.24) is 9.80 Å². The zero-order valence-corrected chi connectivity index (χ0v) is 21.5. The van der Waals surface area contributed by atoms with Gasteiger partial charge in [0.15, 0.2) is 0 Å². The Labute approximate surface area is 212 Å². The number of nitrogens with zero attached hydrogens (tertiary/aromatic N) is 2. The van der Waals surface area contributed by atoms with Gasteiger partial charge in [0.05, 0.1) is 29.9 Å². The number of phenols is 1. The molecule has 1 amide bonds. The second kappa shape index (κ2) is 11.5. The molecule has 1 fully saturated rings. The highest BCUT2D eigenvalue weighted by atomic mass is 79.9. The van der Waals surface area contributed by atoms with Crippen molar-refractivity contribution in [3.05, 3.63) is 69.2 Å². The molecule has 3 rings (SSSR count). The molecule has 1 aliphatic heterocycles. The molecule has 1 atom stereocenters. The van der Waals surface area contributed by atoms with Gasteiger partial charge in [0.2, 0.25) is 0 Å². The van der Waals surface area contributed by atoms with Gasteiger partial charge in [-0.2, -0.15) is 0 Å².